The lowest BCUT2D eigenvalue weighted by atomic mass is 9.90. The molecule has 0 radical (unpaired) electrons. The molecular weight excluding hydrogens is 522 g/mol. The van der Waals surface area contributed by atoms with Crippen LogP contribution in [-0.2, 0) is 9.59 Å². The lowest BCUT2D eigenvalue weighted by Crippen LogP contribution is -2.39. The maximum atomic E-state index is 10.6. The Bertz CT molecular complexity index is 1220. The lowest BCUT2D eigenvalue weighted by Gasteiger charge is -2.38. The summed E-state index contributed by atoms with van der Waals surface area (Å²) in [4.78, 5) is 29.5. The third kappa shape index (κ3) is 7.21. The molecule has 0 spiro atoms. The molecule has 206 valence electrons. The number of hydrogen-bond donors (Lipinski definition) is 2. The maximum Gasteiger partial charge on any atom is 0.490 e. The van der Waals surface area contributed by atoms with Gasteiger partial charge in [-0.05, 0) is 49.9 Å². The quantitative estimate of drug-likeness (QED) is 0.427. The van der Waals surface area contributed by atoms with Gasteiger partial charge in [-0.25, -0.2) is 14.6 Å². The van der Waals surface area contributed by atoms with Crippen molar-refractivity contribution in [3.05, 3.63) is 54.9 Å². The van der Waals surface area contributed by atoms with Crippen molar-refractivity contribution in [1.82, 2.24) is 19.3 Å². The van der Waals surface area contributed by atoms with Crippen LogP contribution in [0.4, 0.5) is 26.3 Å². The van der Waals surface area contributed by atoms with E-state index in [9.17, 15) is 26.3 Å². The van der Waals surface area contributed by atoms with Crippen LogP contribution in [0.5, 0.6) is 0 Å². The number of imidazole rings is 1. The normalized spacial score (nSPS) is 18.1. The average molecular weight is 546 g/mol. The molecule has 0 bridgehead atoms. The average Bonchev–Trinajstić information content (AvgIpc) is 3.44. The minimum absolute atomic E-state index is 0.504. The highest BCUT2D eigenvalue weighted by Crippen LogP contribution is 2.40. The van der Waals surface area contributed by atoms with Gasteiger partial charge in [-0.1, -0.05) is 18.6 Å². The van der Waals surface area contributed by atoms with Gasteiger partial charge in [0.25, 0.3) is 0 Å². The van der Waals surface area contributed by atoms with Gasteiger partial charge in [0, 0.05) is 30.2 Å². The van der Waals surface area contributed by atoms with E-state index in [4.69, 9.17) is 24.8 Å². The Morgan fingerprint density at radius 1 is 0.895 bits per heavy atom. The van der Waals surface area contributed by atoms with E-state index in [2.05, 4.69) is 38.7 Å². The lowest BCUT2D eigenvalue weighted by molar-refractivity contribution is -0.193. The number of aliphatic carboxylic acids is 2. The number of hydrogen-bond acceptors (Lipinski definition) is 5. The summed E-state index contributed by atoms with van der Waals surface area (Å²) >= 11 is 0. The molecule has 38 heavy (non-hydrogen) atoms. The Kier molecular flexibility index (Phi) is 8.97. The second-order valence-electron chi connectivity index (χ2n) is 8.67. The zero-order valence-corrected chi connectivity index (χ0v) is 19.8. The topological polar surface area (TPSA) is 108 Å². The predicted molar refractivity (Wildman–Crippen MR) is 122 cm³/mol. The van der Waals surface area contributed by atoms with Crippen molar-refractivity contribution in [2.24, 2.45) is 0 Å². The first kappa shape index (κ1) is 28.9. The van der Waals surface area contributed by atoms with Crippen LogP contribution in [0.25, 0.3) is 16.6 Å². The van der Waals surface area contributed by atoms with Crippen LogP contribution in [0.1, 0.15) is 43.8 Å². The number of rotatable bonds is 3. The van der Waals surface area contributed by atoms with Crippen molar-refractivity contribution in [2.75, 3.05) is 6.54 Å². The monoisotopic (exact) mass is 546 g/mol. The van der Waals surface area contributed by atoms with E-state index in [0.29, 0.717) is 6.04 Å². The number of nitrogens with zero attached hydrogens (tertiary/aromatic N) is 4. The number of likely N-dealkylation sites (tertiary alicyclic amines) is 1. The fraction of sp³-hybridized carbons (Fsp3) is 0.417. The largest absolute Gasteiger partial charge is 0.490 e. The van der Waals surface area contributed by atoms with Crippen LogP contribution >= 0.6 is 0 Å². The van der Waals surface area contributed by atoms with Crippen LogP contribution < -0.4 is 0 Å². The zero-order valence-electron chi connectivity index (χ0n) is 19.8. The molecule has 14 heteroatoms. The Morgan fingerprint density at radius 2 is 1.53 bits per heavy atom. The molecule has 4 heterocycles. The Hall–Kier alpha value is -3.68. The standard InChI is InChI=1S/C20H22N4.2C2HF3O2/c1-5-17(6-1)24-11-3-7-19(24)20-18-9-8-16(13-23(18)14-22-20)15-4-2-10-21-12-15;2*3-2(4,5)1(6)7/h2,4,8-10,12-14,17,19H,1,3,5-7,11H2;2*(H,6,7). The molecule has 1 atom stereocenters. The molecule has 1 aliphatic carbocycles. The molecule has 1 aliphatic heterocycles. The van der Waals surface area contributed by atoms with Gasteiger partial charge in [0.2, 0.25) is 0 Å². The van der Waals surface area contributed by atoms with Crippen LogP contribution in [-0.4, -0.2) is 66.4 Å². The molecule has 2 fully saturated rings. The third-order valence-corrected chi connectivity index (χ3v) is 6.19. The summed E-state index contributed by atoms with van der Waals surface area (Å²) in [6.45, 7) is 1.24. The van der Waals surface area contributed by atoms with Gasteiger partial charge in [0.1, 0.15) is 0 Å². The smallest absolute Gasteiger partial charge is 0.475 e. The first-order valence-corrected chi connectivity index (χ1v) is 11.5. The van der Waals surface area contributed by atoms with E-state index in [-0.39, 0.29) is 0 Å². The number of aromatic nitrogens is 3. The molecule has 3 aromatic heterocycles. The minimum atomic E-state index is -5.08. The second kappa shape index (κ2) is 11.8. The SMILES string of the molecule is O=C(O)C(F)(F)F.O=C(O)C(F)(F)F.c1cncc(-c2ccc3c(C4CCCN4C4CCC4)ncn3c2)c1. The summed E-state index contributed by atoms with van der Waals surface area (Å²) in [6, 6.07) is 9.80. The molecular formula is C24H24F6N4O4. The summed E-state index contributed by atoms with van der Waals surface area (Å²) in [7, 11) is 0. The van der Waals surface area contributed by atoms with Gasteiger partial charge >= 0.3 is 24.3 Å². The van der Waals surface area contributed by atoms with Crippen molar-refractivity contribution >= 4 is 17.5 Å². The highest BCUT2D eigenvalue weighted by atomic mass is 19.4. The van der Waals surface area contributed by atoms with Gasteiger partial charge in [0.05, 0.1) is 23.6 Å². The second-order valence-corrected chi connectivity index (χ2v) is 8.67. The zero-order chi connectivity index (χ0) is 28.1. The summed E-state index contributed by atoms with van der Waals surface area (Å²) in [5, 5.41) is 14.2. The Labute approximate surface area is 212 Å². The molecule has 0 aromatic carbocycles. The summed E-state index contributed by atoms with van der Waals surface area (Å²) in [5.74, 6) is -5.51. The van der Waals surface area contributed by atoms with E-state index < -0.39 is 24.3 Å². The highest BCUT2D eigenvalue weighted by molar-refractivity contribution is 5.73. The molecule has 1 saturated carbocycles. The fourth-order valence-corrected chi connectivity index (χ4v) is 4.22. The first-order chi connectivity index (χ1) is 17.8. The Morgan fingerprint density at radius 3 is 2.03 bits per heavy atom. The number of pyridine rings is 2. The number of carbonyl (C=O) groups is 2. The first-order valence-electron chi connectivity index (χ1n) is 11.5. The van der Waals surface area contributed by atoms with Crippen molar-refractivity contribution < 1.29 is 46.1 Å². The van der Waals surface area contributed by atoms with Crippen molar-refractivity contribution in [2.45, 2.75) is 56.5 Å². The maximum absolute atomic E-state index is 10.6. The van der Waals surface area contributed by atoms with Gasteiger partial charge in [-0.2, -0.15) is 26.3 Å². The van der Waals surface area contributed by atoms with Crippen LogP contribution in [0.2, 0.25) is 0 Å². The number of carboxylic acid groups (broad SMARTS) is 2. The van der Waals surface area contributed by atoms with E-state index in [1.54, 1.807) is 0 Å². The van der Waals surface area contributed by atoms with E-state index in [1.807, 2.05) is 24.8 Å². The number of halogens is 6. The molecule has 5 rings (SSSR count). The molecule has 2 aliphatic rings. The molecule has 1 unspecified atom stereocenters. The van der Waals surface area contributed by atoms with Crippen LogP contribution in [0, 0.1) is 0 Å². The van der Waals surface area contributed by atoms with E-state index in [1.165, 1.54) is 55.4 Å². The number of alkyl halides is 6. The summed E-state index contributed by atoms with van der Waals surface area (Å²) in [5.41, 5.74) is 4.84. The molecule has 3 aromatic rings. The van der Waals surface area contributed by atoms with Gasteiger partial charge in [-0.15, -0.1) is 0 Å². The van der Waals surface area contributed by atoms with E-state index in [0.717, 1.165) is 11.6 Å². The third-order valence-electron chi connectivity index (χ3n) is 6.19. The Balaban J connectivity index is 0.000000239. The van der Waals surface area contributed by atoms with Crippen molar-refractivity contribution in [3.8, 4) is 11.1 Å². The predicted octanol–water partition coefficient (Wildman–Crippen LogP) is 5.35. The van der Waals surface area contributed by atoms with Crippen LogP contribution in [0.15, 0.2) is 49.2 Å². The van der Waals surface area contributed by atoms with Gasteiger partial charge in [-0.3, -0.25) is 9.88 Å². The minimum Gasteiger partial charge on any atom is -0.475 e. The van der Waals surface area contributed by atoms with Crippen molar-refractivity contribution in [1.29, 1.82) is 0 Å². The van der Waals surface area contributed by atoms with Crippen molar-refractivity contribution in [3.63, 3.8) is 0 Å². The van der Waals surface area contributed by atoms with E-state index >= 15 is 0 Å². The summed E-state index contributed by atoms with van der Waals surface area (Å²) in [6.07, 6.45) is 4.38. The molecule has 0 amide bonds. The number of fused-ring (bicyclic) bond motifs is 1. The number of carboxylic acids is 2. The molecule has 1 saturated heterocycles. The van der Waals surface area contributed by atoms with Gasteiger partial charge < -0.3 is 14.6 Å². The molecule has 2 N–H and O–H groups in total. The van der Waals surface area contributed by atoms with Crippen LogP contribution in [0.3, 0.4) is 0 Å². The molecule has 8 nitrogen and oxygen atoms in total. The fourth-order valence-electron chi connectivity index (χ4n) is 4.22. The van der Waals surface area contributed by atoms with Gasteiger partial charge in [0.15, 0.2) is 0 Å². The summed E-state index contributed by atoms with van der Waals surface area (Å²) < 4.78 is 65.6. The highest BCUT2D eigenvalue weighted by Gasteiger charge is 2.39.